The minimum absolute atomic E-state index is 0.0848. The van der Waals surface area contributed by atoms with Crippen LogP contribution < -0.4 is 0 Å². The van der Waals surface area contributed by atoms with Crippen LogP contribution in [0.2, 0.25) is 0 Å². The van der Waals surface area contributed by atoms with Crippen molar-refractivity contribution in [1.29, 1.82) is 0 Å². The molecule has 14 heteroatoms. The molecule has 1 aliphatic carbocycles. The van der Waals surface area contributed by atoms with E-state index in [1.54, 1.807) is 54.1 Å². The molecule has 0 aromatic carbocycles. The molecule has 4 aliphatic rings. The first-order valence-corrected chi connectivity index (χ1v) is 23.6. The summed E-state index contributed by atoms with van der Waals surface area (Å²) in [5.74, 6) is -8.27. The molecule has 65 heavy (non-hydrogen) atoms. The first kappa shape index (κ1) is 54.0. The van der Waals surface area contributed by atoms with Crippen LogP contribution in [0.25, 0.3) is 0 Å². The standard InChI is InChI=1S/C51H77NO13/c1-30-16-12-11-13-17-31(2)42(61-8)28-38-21-19-36(7)51(60,65-38)48(57)49(58)52-23-15-14-18-39(52)50(59)64-43(33(4)26-37-20-22-40(53)44(27-37)62-9)29-41(54)32(3)25-35(6)46(56)47(63-10)45(55)34(5)24-30/h11-13,16-17,24-25,32-34,36-40,42-44,46-47,53,56,60H,14-15,18-23,26-29H2,1-10H3/b13-11?,16-12+,30-24-,31-17?,35-25+/t32-,33-,34-,36-,37+,38+,39+,40-,42+,43+,44-,46-,47+,51-/m1/s1. The zero-order valence-corrected chi connectivity index (χ0v) is 40.4. The lowest BCUT2D eigenvalue weighted by Gasteiger charge is -2.42. The number of carbonyl (C=O) groups is 5. The van der Waals surface area contributed by atoms with Crippen LogP contribution in [-0.2, 0) is 47.7 Å². The van der Waals surface area contributed by atoms with E-state index in [2.05, 4.69) is 0 Å². The summed E-state index contributed by atoms with van der Waals surface area (Å²) >= 11 is 0. The van der Waals surface area contributed by atoms with Crippen LogP contribution in [0.1, 0.15) is 119 Å². The molecule has 1 saturated carbocycles. The summed E-state index contributed by atoms with van der Waals surface area (Å²) in [4.78, 5) is 71.7. The number of carbonyl (C=O) groups excluding carboxylic acids is 5. The number of allylic oxidation sites excluding steroid dienone is 8. The third-order valence-corrected chi connectivity index (χ3v) is 14.1. The molecule has 364 valence electrons. The van der Waals surface area contributed by atoms with Gasteiger partial charge in [-0.25, -0.2) is 4.79 Å². The lowest BCUT2D eigenvalue weighted by molar-refractivity contribution is -0.265. The first-order chi connectivity index (χ1) is 30.7. The second kappa shape index (κ2) is 24.9. The molecule has 3 fully saturated rings. The Hall–Kier alpha value is -3.63. The zero-order valence-electron chi connectivity index (χ0n) is 40.4. The summed E-state index contributed by atoms with van der Waals surface area (Å²) < 4.78 is 29.3. The molecular formula is C51H77NO13. The number of nitrogens with zero attached hydrogens (tertiary/aromatic N) is 1. The van der Waals surface area contributed by atoms with E-state index >= 15 is 0 Å². The van der Waals surface area contributed by atoms with E-state index < -0.39 is 83.9 Å². The Bertz CT molecular complexity index is 1820. The topological polar surface area (TPSA) is 195 Å². The smallest absolute Gasteiger partial charge is 0.329 e. The Morgan fingerprint density at radius 1 is 0.831 bits per heavy atom. The van der Waals surface area contributed by atoms with Gasteiger partial charge >= 0.3 is 5.97 Å². The van der Waals surface area contributed by atoms with Gasteiger partial charge in [-0.1, -0.05) is 75.8 Å². The number of rotatable bonds is 6. The number of esters is 1. The average molecular weight is 912 g/mol. The first-order valence-electron chi connectivity index (χ1n) is 23.6. The Labute approximate surface area is 386 Å². The molecule has 14 nitrogen and oxygen atoms in total. The van der Waals surface area contributed by atoms with Crippen LogP contribution in [0.4, 0.5) is 0 Å². The van der Waals surface area contributed by atoms with E-state index in [9.17, 15) is 39.3 Å². The summed E-state index contributed by atoms with van der Waals surface area (Å²) in [6, 6.07) is -1.14. The van der Waals surface area contributed by atoms with Crippen molar-refractivity contribution in [1.82, 2.24) is 4.90 Å². The molecule has 2 saturated heterocycles. The highest BCUT2D eigenvalue weighted by Crippen LogP contribution is 2.37. The van der Waals surface area contributed by atoms with Crippen molar-refractivity contribution in [2.75, 3.05) is 27.9 Å². The molecule has 0 aromatic rings. The van der Waals surface area contributed by atoms with Gasteiger partial charge in [-0.05, 0) is 102 Å². The highest BCUT2D eigenvalue weighted by molar-refractivity contribution is 6.39. The molecule has 0 aromatic heterocycles. The molecule has 0 radical (unpaired) electrons. The van der Waals surface area contributed by atoms with E-state index in [1.165, 1.54) is 12.0 Å². The maximum atomic E-state index is 14.4. The molecule has 1 amide bonds. The second-order valence-corrected chi connectivity index (χ2v) is 19.2. The number of piperidine rings is 1. The van der Waals surface area contributed by atoms with Crippen molar-refractivity contribution < 1.29 is 63.0 Å². The molecule has 14 atom stereocenters. The lowest BCUT2D eigenvalue weighted by Crippen LogP contribution is -2.61. The normalized spacial score (nSPS) is 38.7. The molecule has 0 unspecified atom stereocenters. The summed E-state index contributed by atoms with van der Waals surface area (Å²) in [6.45, 7) is 12.5. The number of hydrogen-bond donors (Lipinski definition) is 3. The van der Waals surface area contributed by atoms with E-state index in [4.69, 9.17) is 23.7 Å². The van der Waals surface area contributed by atoms with Crippen LogP contribution in [0.15, 0.2) is 59.3 Å². The molecule has 3 N–H and O–H groups in total. The monoisotopic (exact) mass is 912 g/mol. The Morgan fingerprint density at radius 2 is 1.55 bits per heavy atom. The van der Waals surface area contributed by atoms with E-state index in [-0.39, 0.29) is 48.9 Å². The van der Waals surface area contributed by atoms with Gasteiger partial charge in [0.15, 0.2) is 5.78 Å². The summed E-state index contributed by atoms with van der Waals surface area (Å²) in [5, 5.41) is 33.8. The quantitative estimate of drug-likeness (QED) is 0.157. The minimum Gasteiger partial charge on any atom is -0.460 e. The Morgan fingerprint density at radius 3 is 2.23 bits per heavy atom. The number of amides is 1. The Balaban J connectivity index is 1.72. The third kappa shape index (κ3) is 14.2. The number of methoxy groups -OCH3 is 3. The van der Waals surface area contributed by atoms with Crippen LogP contribution in [0, 0.1) is 29.6 Å². The fraction of sp³-hybridized carbons (Fsp3) is 0.706. The van der Waals surface area contributed by atoms with Crippen molar-refractivity contribution in [2.24, 2.45) is 29.6 Å². The predicted molar refractivity (Wildman–Crippen MR) is 245 cm³/mol. The number of fused-ring (bicyclic) bond motifs is 3. The van der Waals surface area contributed by atoms with Crippen LogP contribution in [0.5, 0.6) is 0 Å². The summed E-state index contributed by atoms with van der Waals surface area (Å²) in [6.07, 6.45) is 12.0. The maximum Gasteiger partial charge on any atom is 0.329 e. The fourth-order valence-electron chi connectivity index (χ4n) is 9.83. The molecule has 0 spiro atoms. The van der Waals surface area contributed by atoms with E-state index in [0.717, 1.165) is 17.6 Å². The van der Waals surface area contributed by atoms with E-state index in [0.29, 0.717) is 56.9 Å². The molecule has 2 bridgehead atoms. The van der Waals surface area contributed by atoms with Gasteiger partial charge in [0.2, 0.25) is 5.79 Å². The molecule has 3 aliphatic heterocycles. The van der Waals surface area contributed by atoms with Crippen molar-refractivity contribution >= 4 is 29.2 Å². The maximum absolute atomic E-state index is 14.4. The van der Waals surface area contributed by atoms with Gasteiger partial charge < -0.3 is 43.9 Å². The van der Waals surface area contributed by atoms with Gasteiger partial charge in [-0.2, -0.15) is 0 Å². The van der Waals surface area contributed by atoms with Gasteiger partial charge in [0.1, 0.15) is 30.1 Å². The van der Waals surface area contributed by atoms with Crippen LogP contribution >= 0.6 is 0 Å². The van der Waals surface area contributed by atoms with Gasteiger partial charge in [0, 0.05) is 58.5 Å². The largest absolute Gasteiger partial charge is 0.460 e. The average Bonchev–Trinajstić information content (AvgIpc) is 3.28. The van der Waals surface area contributed by atoms with Gasteiger partial charge in [-0.15, -0.1) is 0 Å². The van der Waals surface area contributed by atoms with Gasteiger partial charge in [0.05, 0.1) is 24.4 Å². The highest BCUT2D eigenvalue weighted by atomic mass is 16.6. The van der Waals surface area contributed by atoms with Crippen LogP contribution in [-0.4, -0.2) is 132 Å². The molecule has 3 heterocycles. The van der Waals surface area contributed by atoms with Gasteiger partial charge in [-0.3, -0.25) is 19.2 Å². The minimum atomic E-state index is -2.43. The highest BCUT2D eigenvalue weighted by Gasteiger charge is 2.53. The lowest BCUT2D eigenvalue weighted by atomic mass is 9.78. The second-order valence-electron chi connectivity index (χ2n) is 19.2. The summed E-state index contributed by atoms with van der Waals surface area (Å²) in [5.41, 5.74) is 2.05. The molecular weight excluding hydrogens is 835 g/mol. The Kier molecular flexibility index (Phi) is 20.7. The van der Waals surface area contributed by atoms with Gasteiger partial charge in [0.25, 0.3) is 11.7 Å². The number of ketones is 3. The summed E-state index contributed by atoms with van der Waals surface area (Å²) in [7, 11) is 4.49. The van der Waals surface area contributed by atoms with Crippen molar-refractivity contribution in [3.8, 4) is 0 Å². The number of aliphatic hydroxyl groups excluding tert-OH is 2. The number of aliphatic hydroxyl groups is 3. The number of Topliss-reactive ketones (excluding diaryl/α,β-unsaturated/α-hetero) is 3. The number of ether oxygens (including phenoxy) is 5. The van der Waals surface area contributed by atoms with E-state index in [1.807, 2.05) is 51.2 Å². The SMILES string of the molecule is CO[C@H]1C[C@@H]2CC[C@@H](C)[C@@](O)(O2)C(=O)C(=O)N2CCCC[C@H]2C(=O)O[C@H]([C@H](C)C[C@@H]2CC[C@@H](O)[C@H](OC)C2)CC(=O)[C@H](C)/C=C(\C)[C@@H](O)[C@@H](OC)C(=O)[C@H](C)/C=C(C)\C=C\C=CC=C1C. The van der Waals surface area contributed by atoms with Crippen molar-refractivity contribution in [3.63, 3.8) is 0 Å². The predicted octanol–water partition coefficient (Wildman–Crippen LogP) is 6.10. The van der Waals surface area contributed by atoms with Crippen molar-refractivity contribution in [3.05, 3.63) is 59.3 Å². The number of cyclic esters (lactones) is 1. The zero-order chi connectivity index (χ0) is 48.2. The number of hydrogen-bond acceptors (Lipinski definition) is 13. The van der Waals surface area contributed by atoms with Crippen LogP contribution in [0.3, 0.4) is 0 Å². The third-order valence-electron chi connectivity index (χ3n) is 14.1. The van der Waals surface area contributed by atoms with Crippen molar-refractivity contribution in [2.45, 2.75) is 174 Å². The fourth-order valence-corrected chi connectivity index (χ4v) is 9.83. The molecule has 4 rings (SSSR count).